The maximum Gasteiger partial charge on any atom is 0.337 e. The first-order valence-corrected chi connectivity index (χ1v) is 6.91. The highest BCUT2D eigenvalue weighted by Crippen LogP contribution is 2.21. The van der Waals surface area contributed by atoms with Gasteiger partial charge in [0.2, 0.25) is 0 Å². The van der Waals surface area contributed by atoms with Crippen molar-refractivity contribution in [1.29, 1.82) is 0 Å². The van der Waals surface area contributed by atoms with Gasteiger partial charge in [-0.05, 0) is 32.0 Å². The smallest absolute Gasteiger partial charge is 0.337 e. The molecule has 21 heavy (non-hydrogen) atoms. The van der Waals surface area contributed by atoms with Gasteiger partial charge >= 0.3 is 5.97 Å². The second kappa shape index (κ2) is 5.09. The molecule has 0 aliphatic heterocycles. The zero-order valence-corrected chi connectivity index (χ0v) is 12.0. The molecule has 0 aliphatic carbocycles. The van der Waals surface area contributed by atoms with Crippen LogP contribution in [-0.4, -0.2) is 25.4 Å². The Morgan fingerprint density at radius 1 is 1.24 bits per heavy atom. The third-order valence-electron chi connectivity index (χ3n) is 3.54. The summed E-state index contributed by atoms with van der Waals surface area (Å²) >= 11 is 0. The number of carboxylic acids is 1. The van der Waals surface area contributed by atoms with Gasteiger partial charge < -0.3 is 9.67 Å². The van der Waals surface area contributed by atoms with E-state index in [2.05, 4.69) is 18.9 Å². The van der Waals surface area contributed by atoms with Gasteiger partial charge in [-0.1, -0.05) is 12.1 Å². The van der Waals surface area contributed by atoms with Gasteiger partial charge in [0, 0.05) is 23.8 Å². The standard InChI is InChI=1S/C16H17N3O2/c1-11(2)19-9-7-13(17-19)10-18-8-6-12-4-3-5-14(15(12)18)16(20)21/h3-9,11H,10H2,1-2H3,(H,20,21). The molecular formula is C16H17N3O2. The number of carboxylic acid groups (broad SMARTS) is 1. The van der Waals surface area contributed by atoms with E-state index in [4.69, 9.17) is 0 Å². The Balaban J connectivity index is 2.02. The second-order valence-corrected chi connectivity index (χ2v) is 5.37. The average Bonchev–Trinajstić information content (AvgIpc) is 3.06. The van der Waals surface area contributed by atoms with E-state index in [1.165, 1.54) is 0 Å². The van der Waals surface area contributed by atoms with Gasteiger partial charge in [0.15, 0.2) is 0 Å². The monoisotopic (exact) mass is 283 g/mol. The van der Waals surface area contributed by atoms with Gasteiger partial charge in [-0.2, -0.15) is 5.10 Å². The first kappa shape index (κ1) is 13.4. The molecule has 1 aromatic carbocycles. The summed E-state index contributed by atoms with van der Waals surface area (Å²) < 4.78 is 3.84. The number of carbonyl (C=O) groups is 1. The molecule has 5 nitrogen and oxygen atoms in total. The molecular weight excluding hydrogens is 266 g/mol. The first-order valence-electron chi connectivity index (χ1n) is 6.91. The summed E-state index contributed by atoms with van der Waals surface area (Å²) in [7, 11) is 0. The summed E-state index contributed by atoms with van der Waals surface area (Å²) in [6, 6.07) is 9.54. The van der Waals surface area contributed by atoms with E-state index >= 15 is 0 Å². The maximum absolute atomic E-state index is 11.4. The highest BCUT2D eigenvalue weighted by molar-refractivity contribution is 6.02. The molecule has 3 aromatic rings. The molecule has 0 amide bonds. The van der Waals surface area contributed by atoms with Crippen molar-refractivity contribution in [3.63, 3.8) is 0 Å². The SMILES string of the molecule is CC(C)n1ccc(Cn2ccc3cccc(C(=O)O)c32)n1. The van der Waals surface area contributed by atoms with Gasteiger partial charge in [0.25, 0.3) is 0 Å². The largest absolute Gasteiger partial charge is 0.478 e. The summed E-state index contributed by atoms with van der Waals surface area (Å²) in [5.41, 5.74) is 1.98. The molecule has 0 bridgehead atoms. The maximum atomic E-state index is 11.4. The summed E-state index contributed by atoms with van der Waals surface area (Å²) in [5.74, 6) is -0.909. The number of aromatic nitrogens is 3. The van der Waals surface area contributed by atoms with Crippen molar-refractivity contribution >= 4 is 16.9 Å². The van der Waals surface area contributed by atoms with Gasteiger partial charge in [-0.25, -0.2) is 4.79 Å². The number of para-hydroxylation sites is 1. The van der Waals surface area contributed by atoms with Crippen LogP contribution < -0.4 is 0 Å². The summed E-state index contributed by atoms with van der Waals surface area (Å²) in [4.78, 5) is 11.4. The Kier molecular flexibility index (Phi) is 3.25. The van der Waals surface area contributed by atoms with Crippen molar-refractivity contribution in [2.75, 3.05) is 0 Å². The van der Waals surface area contributed by atoms with Crippen molar-refractivity contribution in [1.82, 2.24) is 14.3 Å². The zero-order chi connectivity index (χ0) is 15.0. The van der Waals surface area contributed by atoms with E-state index in [1.54, 1.807) is 12.1 Å². The highest BCUT2D eigenvalue weighted by atomic mass is 16.4. The lowest BCUT2D eigenvalue weighted by Gasteiger charge is -2.07. The minimum absolute atomic E-state index is 0.315. The van der Waals surface area contributed by atoms with Gasteiger partial charge in [-0.15, -0.1) is 0 Å². The molecule has 108 valence electrons. The van der Waals surface area contributed by atoms with Crippen LogP contribution >= 0.6 is 0 Å². The van der Waals surface area contributed by atoms with E-state index in [9.17, 15) is 9.90 Å². The molecule has 2 aromatic heterocycles. The van der Waals surface area contributed by atoms with Gasteiger partial charge in [0.1, 0.15) is 0 Å². The molecule has 0 saturated heterocycles. The topological polar surface area (TPSA) is 60.0 Å². The molecule has 0 spiro atoms. The van der Waals surface area contributed by atoms with Crippen LogP contribution in [0.2, 0.25) is 0 Å². The zero-order valence-electron chi connectivity index (χ0n) is 12.0. The Morgan fingerprint density at radius 3 is 2.71 bits per heavy atom. The number of fused-ring (bicyclic) bond motifs is 1. The first-order chi connectivity index (χ1) is 10.1. The molecule has 1 N–H and O–H groups in total. The van der Waals surface area contributed by atoms with Crippen LogP contribution in [0, 0.1) is 0 Å². The van der Waals surface area contributed by atoms with Crippen LogP contribution in [0.4, 0.5) is 0 Å². The Hall–Kier alpha value is -2.56. The molecule has 0 saturated carbocycles. The quantitative estimate of drug-likeness (QED) is 0.800. The normalized spacial score (nSPS) is 11.4. The van der Waals surface area contributed by atoms with E-state index in [1.807, 2.05) is 39.8 Å². The summed E-state index contributed by atoms with van der Waals surface area (Å²) in [6.45, 7) is 4.71. The molecule has 0 radical (unpaired) electrons. The molecule has 0 fully saturated rings. The molecule has 5 heteroatoms. The Labute approximate surface area is 122 Å². The van der Waals surface area contributed by atoms with Crippen LogP contribution in [0.5, 0.6) is 0 Å². The van der Waals surface area contributed by atoms with E-state index in [0.29, 0.717) is 18.2 Å². The van der Waals surface area contributed by atoms with Crippen LogP contribution in [0.25, 0.3) is 10.9 Å². The van der Waals surface area contributed by atoms with Gasteiger partial charge in [0.05, 0.1) is 23.3 Å². The number of rotatable bonds is 4. The number of nitrogens with zero attached hydrogens (tertiary/aromatic N) is 3. The van der Waals surface area contributed by atoms with Crippen LogP contribution in [0.3, 0.4) is 0 Å². The minimum Gasteiger partial charge on any atom is -0.478 e. The number of hydrogen-bond donors (Lipinski definition) is 1. The molecule has 0 atom stereocenters. The number of aromatic carboxylic acids is 1. The highest BCUT2D eigenvalue weighted by Gasteiger charge is 2.13. The van der Waals surface area contributed by atoms with Crippen molar-refractivity contribution < 1.29 is 9.90 Å². The molecule has 3 rings (SSSR count). The third kappa shape index (κ3) is 2.42. The second-order valence-electron chi connectivity index (χ2n) is 5.37. The van der Waals surface area contributed by atoms with E-state index < -0.39 is 5.97 Å². The van der Waals surface area contributed by atoms with E-state index in [0.717, 1.165) is 16.6 Å². The molecule has 0 aliphatic rings. The fourth-order valence-corrected chi connectivity index (χ4v) is 2.49. The number of benzene rings is 1. The van der Waals surface area contributed by atoms with Crippen molar-refractivity contribution in [3.05, 3.63) is 54.0 Å². The van der Waals surface area contributed by atoms with Crippen molar-refractivity contribution in [2.24, 2.45) is 0 Å². The Morgan fingerprint density at radius 2 is 2.05 bits per heavy atom. The minimum atomic E-state index is -0.909. The fraction of sp³-hybridized carbons (Fsp3) is 0.250. The predicted molar refractivity (Wildman–Crippen MR) is 80.6 cm³/mol. The predicted octanol–water partition coefficient (Wildman–Crippen LogP) is 3.17. The Bertz CT molecular complexity index is 799. The van der Waals surface area contributed by atoms with Crippen LogP contribution in [0.15, 0.2) is 42.7 Å². The van der Waals surface area contributed by atoms with Crippen molar-refractivity contribution in [2.45, 2.75) is 26.4 Å². The van der Waals surface area contributed by atoms with Crippen molar-refractivity contribution in [3.8, 4) is 0 Å². The van der Waals surface area contributed by atoms with Crippen LogP contribution in [0.1, 0.15) is 35.9 Å². The average molecular weight is 283 g/mol. The fourth-order valence-electron chi connectivity index (χ4n) is 2.49. The molecule has 2 heterocycles. The number of hydrogen-bond acceptors (Lipinski definition) is 2. The molecule has 0 unspecified atom stereocenters. The lowest BCUT2D eigenvalue weighted by molar-refractivity contribution is 0.0698. The third-order valence-corrected chi connectivity index (χ3v) is 3.54. The lowest BCUT2D eigenvalue weighted by atomic mass is 10.1. The van der Waals surface area contributed by atoms with E-state index in [-0.39, 0.29) is 0 Å². The lowest BCUT2D eigenvalue weighted by Crippen LogP contribution is -2.06. The van der Waals surface area contributed by atoms with Crippen LogP contribution in [-0.2, 0) is 6.54 Å². The van der Waals surface area contributed by atoms with Gasteiger partial charge in [-0.3, -0.25) is 4.68 Å². The summed E-state index contributed by atoms with van der Waals surface area (Å²) in [5, 5.41) is 14.8. The summed E-state index contributed by atoms with van der Waals surface area (Å²) in [6.07, 6.45) is 3.86.